The van der Waals surface area contributed by atoms with Crippen molar-refractivity contribution in [3.05, 3.63) is 53.8 Å². The van der Waals surface area contributed by atoms with Gasteiger partial charge in [-0.3, -0.25) is 0 Å². The second-order valence-electron chi connectivity index (χ2n) is 3.75. The van der Waals surface area contributed by atoms with Gasteiger partial charge < -0.3 is 4.74 Å². The van der Waals surface area contributed by atoms with Gasteiger partial charge in [0.25, 0.3) is 0 Å². The van der Waals surface area contributed by atoms with Gasteiger partial charge in [-0.15, -0.1) is 0 Å². The standard InChI is InChI=1S/C14H13FO/c1-10-6-12(9-14(7-10)16-2)11-4-3-5-13(15)8-11/h3-9H,1-2H3. The molecule has 0 bridgehead atoms. The largest absolute Gasteiger partial charge is 0.497 e. The fraction of sp³-hybridized carbons (Fsp3) is 0.143. The van der Waals surface area contributed by atoms with Crippen molar-refractivity contribution in [2.75, 3.05) is 7.11 Å². The van der Waals surface area contributed by atoms with Gasteiger partial charge in [-0.05, 0) is 47.9 Å². The molecule has 0 fully saturated rings. The summed E-state index contributed by atoms with van der Waals surface area (Å²) in [7, 11) is 1.63. The number of ether oxygens (including phenoxy) is 1. The Morgan fingerprint density at radius 3 is 2.50 bits per heavy atom. The Morgan fingerprint density at radius 2 is 1.81 bits per heavy atom. The lowest BCUT2D eigenvalue weighted by atomic mass is 10.0. The van der Waals surface area contributed by atoms with Crippen LogP contribution in [0.1, 0.15) is 5.56 Å². The van der Waals surface area contributed by atoms with Gasteiger partial charge in [-0.25, -0.2) is 4.39 Å². The topological polar surface area (TPSA) is 9.23 Å². The molecule has 82 valence electrons. The summed E-state index contributed by atoms with van der Waals surface area (Å²) in [5, 5.41) is 0. The quantitative estimate of drug-likeness (QED) is 0.741. The summed E-state index contributed by atoms with van der Waals surface area (Å²) in [4.78, 5) is 0. The molecule has 2 aromatic carbocycles. The maximum Gasteiger partial charge on any atom is 0.123 e. The summed E-state index contributed by atoms with van der Waals surface area (Å²) in [5.41, 5.74) is 2.93. The highest BCUT2D eigenvalue weighted by Crippen LogP contribution is 2.26. The van der Waals surface area contributed by atoms with Gasteiger partial charge in [0.2, 0.25) is 0 Å². The lowest BCUT2D eigenvalue weighted by Gasteiger charge is -2.07. The first-order chi connectivity index (χ1) is 7.69. The molecule has 0 heterocycles. The summed E-state index contributed by atoms with van der Waals surface area (Å²) < 4.78 is 18.3. The molecular weight excluding hydrogens is 203 g/mol. The summed E-state index contributed by atoms with van der Waals surface area (Å²) >= 11 is 0. The minimum absolute atomic E-state index is 0.224. The molecule has 0 unspecified atom stereocenters. The number of hydrogen-bond donors (Lipinski definition) is 0. The summed E-state index contributed by atoms with van der Waals surface area (Å²) in [5.74, 6) is 0.567. The molecule has 0 N–H and O–H groups in total. The Balaban J connectivity index is 2.51. The Kier molecular flexibility index (Phi) is 2.91. The number of hydrogen-bond acceptors (Lipinski definition) is 1. The van der Waals surface area contributed by atoms with Crippen molar-refractivity contribution in [3.8, 4) is 16.9 Å². The SMILES string of the molecule is COc1cc(C)cc(-c2cccc(F)c2)c1. The maximum atomic E-state index is 13.1. The highest BCUT2D eigenvalue weighted by molar-refractivity contribution is 5.66. The number of halogens is 1. The molecule has 16 heavy (non-hydrogen) atoms. The number of methoxy groups -OCH3 is 1. The van der Waals surface area contributed by atoms with E-state index in [1.165, 1.54) is 12.1 Å². The third kappa shape index (κ3) is 2.22. The zero-order valence-electron chi connectivity index (χ0n) is 9.33. The van der Waals surface area contributed by atoms with E-state index < -0.39 is 0 Å². The van der Waals surface area contributed by atoms with E-state index >= 15 is 0 Å². The molecule has 2 heteroatoms. The van der Waals surface area contributed by atoms with Gasteiger partial charge in [0.1, 0.15) is 11.6 Å². The lowest BCUT2D eigenvalue weighted by molar-refractivity contribution is 0.414. The first-order valence-electron chi connectivity index (χ1n) is 5.10. The number of benzene rings is 2. The van der Waals surface area contributed by atoms with Crippen LogP contribution in [-0.2, 0) is 0 Å². The van der Waals surface area contributed by atoms with E-state index in [0.29, 0.717) is 0 Å². The van der Waals surface area contributed by atoms with Crippen LogP contribution >= 0.6 is 0 Å². The van der Waals surface area contributed by atoms with Gasteiger partial charge in [0.15, 0.2) is 0 Å². The van der Waals surface area contributed by atoms with Crippen molar-refractivity contribution < 1.29 is 9.13 Å². The van der Waals surface area contributed by atoms with Crippen LogP contribution in [0.2, 0.25) is 0 Å². The van der Waals surface area contributed by atoms with Crippen molar-refractivity contribution in [1.29, 1.82) is 0 Å². The van der Waals surface area contributed by atoms with Crippen LogP contribution in [0.5, 0.6) is 5.75 Å². The van der Waals surface area contributed by atoms with Crippen molar-refractivity contribution in [3.63, 3.8) is 0 Å². The molecule has 0 amide bonds. The zero-order valence-corrected chi connectivity index (χ0v) is 9.33. The fourth-order valence-corrected chi connectivity index (χ4v) is 1.70. The van der Waals surface area contributed by atoms with Gasteiger partial charge in [-0.1, -0.05) is 18.2 Å². The molecule has 0 atom stereocenters. The summed E-state index contributed by atoms with van der Waals surface area (Å²) in [6, 6.07) is 12.4. The third-order valence-corrected chi connectivity index (χ3v) is 2.44. The average molecular weight is 216 g/mol. The molecule has 0 aromatic heterocycles. The minimum Gasteiger partial charge on any atom is -0.497 e. The number of rotatable bonds is 2. The molecule has 1 nitrogen and oxygen atoms in total. The molecule has 0 saturated heterocycles. The van der Waals surface area contributed by atoms with Gasteiger partial charge in [0.05, 0.1) is 7.11 Å². The Hall–Kier alpha value is -1.83. The predicted octanol–water partition coefficient (Wildman–Crippen LogP) is 3.81. The Labute approximate surface area is 94.5 Å². The van der Waals surface area contributed by atoms with E-state index in [0.717, 1.165) is 22.4 Å². The van der Waals surface area contributed by atoms with E-state index in [1.54, 1.807) is 13.2 Å². The monoisotopic (exact) mass is 216 g/mol. The summed E-state index contributed by atoms with van der Waals surface area (Å²) in [6.07, 6.45) is 0. The second-order valence-corrected chi connectivity index (χ2v) is 3.75. The van der Waals surface area contributed by atoms with Crippen molar-refractivity contribution in [2.24, 2.45) is 0 Å². The molecule has 0 aliphatic carbocycles. The predicted molar refractivity (Wildman–Crippen MR) is 63.1 cm³/mol. The highest BCUT2D eigenvalue weighted by Gasteiger charge is 2.02. The second kappa shape index (κ2) is 4.35. The van der Waals surface area contributed by atoms with E-state index in [1.807, 2.05) is 31.2 Å². The molecule has 0 aliphatic heterocycles. The highest BCUT2D eigenvalue weighted by atomic mass is 19.1. The van der Waals surface area contributed by atoms with Crippen LogP contribution in [0.4, 0.5) is 4.39 Å². The van der Waals surface area contributed by atoms with Crippen LogP contribution in [0.3, 0.4) is 0 Å². The molecule has 0 radical (unpaired) electrons. The van der Waals surface area contributed by atoms with Gasteiger partial charge in [-0.2, -0.15) is 0 Å². The molecule has 0 aliphatic rings. The third-order valence-electron chi connectivity index (χ3n) is 2.44. The summed E-state index contributed by atoms with van der Waals surface area (Å²) in [6.45, 7) is 1.99. The molecule has 0 spiro atoms. The normalized spacial score (nSPS) is 10.2. The molecule has 2 rings (SSSR count). The lowest BCUT2D eigenvalue weighted by Crippen LogP contribution is -1.86. The average Bonchev–Trinajstić information content (AvgIpc) is 2.28. The minimum atomic E-state index is -0.224. The van der Waals surface area contributed by atoms with E-state index in [4.69, 9.17) is 4.74 Å². The van der Waals surface area contributed by atoms with Crippen LogP contribution in [-0.4, -0.2) is 7.11 Å². The Morgan fingerprint density at radius 1 is 1.00 bits per heavy atom. The van der Waals surface area contributed by atoms with E-state index in [2.05, 4.69) is 0 Å². The zero-order chi connectivity index (χ0) is 11.5. The molecular formula is C14H13FO. The fourth-order valence-electron chi connectivity index (χ4n) is 1.70. The van der Waals surface area contributed by atoms with Crippen LogP contribution < -0.4 is 4.74 Å². The van der Waals surface area contributed by atoms with E-state index in [-0.39, 0.29) is 5.82 Å². The maximum absolute atomic E-state index is 13.1. The first-order valence-corrected chi connectivity index (χ1v) is 5.10. The van der Waals surface area contributed by atoms with Crippen molar-refractivity contribution in [2.45, 2.75) is 6.92 Å². The number of aryl methyl sites for hydroxylation is 1. The van der Waals surface area contributed by atoms with Gasteiger partial charge >= 0.3 is 0 Å². The van der Waals surface area contributed by atoms with Gasteiger partial charge in [0, 0.05) is 0 Å². The van der Waals surface area contributed by atoms with Crippen LogP contribution in [0, 0.1) is 12.7 Å². The Bertz CT molecular complexity index is 506. The van der Waals surface area contributed by atoms with Crippen molar-refractivity contribution in [1.82, 2.24) is 0 Å². The first kappa shape index (κ1) is 10.7. The smallest absolute Gasteiger partial charge is 0.123 e. The van der Waals surface area contributed by atoms with Crippen molar-refractivity contribution >= 4 is 0 Å². The van der Waals surface area contributed by atoms with Crippen LogP contribution in [0.15, 0.2) is 42.5 Å². The molecule has 2 aromatic rings. The molecule has 0 saturated carbocycles. The van der Waals surface area contributed by atoms with E-state index in [9.17, 15) is 4.39 Å². The van der Waals surface area contributed by atoms with Crippen LogP contribution in [0.25, 0.3) is 11.1 Å².